The van der Waals surface area contributed by atoms with Crippen LogP contribution in [0.15, 0.2) is 48.4 Å². The van der Waals surface area contributed by atoms with Crippen LogP contribution < -0.4 is 0 Å². The molecule has 1 unspecified atom stereocenters. The van der Waals surface area contributed by atoms with Gasteiger partial charge >= 0.3 is 0 Å². The number of hydrogen-bond acceptors (Lipinski definition) is 22. The number of carbonyl (C=O) groups is 4. The Balaban J connectivity index is 2.09. The zero-order chi connectivity index (χ0) is 45.7. The van der Waals surface area contributed by atoms with Crippen molar-refractivity contribution >= 4 is 23.1 Å². The molecule has 17 N–H and O–H groups in total. The van der Waals surface area contributed by atoms with Gasteiger partial charge < -0.3 is 91.5 Å². The van der Waals surface area contributed by atoms with Crippen molar-refractivity contribution in [2.75, 3.05) is 6.61 Å². The first-order valence-electron chi connectivity index (χ1n) is 16.9. The van der Waals surface area contributed by atoms with E-state index >= 15 is 0 Å². The quantitative estimate of drug-likeness (QED) is 0.0660. The molecule has 1 aliphatic rings. The van der Waals surface area contributed by atoms with E-state index in [0.29, 0.717) is 0 Å². The zero-order valence-corrected chi connectivity index (χ0v) is 27.2. The molecule has 296 valence electrons. The number of aliphatic hydroxyl groups excluding tert-OH is 1. The summed E-state index contributed by atoms with van der Waals surface area (Å²) in [5.74, 6) is -35.6. The highest BCUT2D eigenvalue weighted by Gasteiger charge is 2.86. The monoisotopic (exact) mass is 792 g/mol. The van der Waals surface area contributed by atoms with E-state index < -0.39 is 174 Å². The lowest BCUT2D eigenvalue weighted by molar-refractivity contribution is -0.377. The fraction of sp³-hybridized carbons (Fsp3) is 0.176. The summed E-state index contributed by atoms with van der Waals surface area (Å²) in [6, 6.07) is -6.97. The highest BCUT2D eigenvalue weighted by Crippen LogP contribution is 2.55. The third kappa shape index (κ3) is 5.28. The lowest BCUT2D eigenvalue weighted by Gasteiger charge is -2.60. The topological polar surface area (TPSA) is 421 Å². The van der Waals surface area contributed by atoms with Gasteiger partial charge in [-0.3, -0.25) is 19.2 Å². The van der Waals surface area contributed by atoms with Gasteiger partial charge in [0, 0.05) is 22.3 Å². The predicted octanol–water partition coefficient (Wildman–Crippen LogP) is -1.74. The van der Waals surface area contributed by atoms with E-state index in [2.05, 4.69) is 0 Å². The molecule has 5 rings (SSSR count). The third-order valence-corrected chi connectivity index (χ3v) is 8.80. The molecular weight excluding hydrogens is 760 g/mol. The van der Waals surface area contributed by atoms with Crippen LogP contribution in [0.2, 0.25) is 0 Å². The number of hydrogen-bond donors (Lipinski definition) is 17. The molecule has 22 heteroatoms. The van der Waals surface area contributed by atoms with Crippen molar-refractivity contribution < 1.29 is 116 Å². The first-order chi connectivity index (χ1) is 27.6. The average molecular weight is 793 g/mol. The van der Waals surface area contributed by atoms with Crippen molar-refractivity contribution in [2.24, 2.45) is 0 Å². The number of Topliss-reactive ketones (excluding diaryl/α,β-unsaturated/α-hetero) is 4. The van der Waals surface area contributed by atoms with Crippen LogP contribution in [0.5, 0.6) is 69.0 Å². The van der Waals surface area contributed by atoms with Crippen LogP contribution in [0.4, 0.5) is 0 Å². The predicted molar refractivity (Wildman–Crippen MR) is 175 cm³/mol. The van der Waals surface area contributed by atoms with Gasteiger partial charge in [0.15, 0.2) is 74.6 Å². The maximum absolute atomic E-state index is 15.0. The molecule has 56 heavy (non-hydrogen) atoms. The third-order valence-electron chi connectivity index (χ3n) is 8.80. The van der Waals surface area contributed by atoms with Crippen LogP contribution in [-0.4, -0.2) is 145 Å². The molecule has 0 amide bonds. The Bertz CT molecular complexity index is 2600. The summed E-state index contributed by atoms with van der Waals surface area (Å²) in [5.41, 5.74) is -22.9. The Morgan fingerprint density at radius 3 is 1.09 bits per heavy atom. The van der Waals surface area contributed by atoms with E-state index in [-0.39, 0.29) is 24.3 Å². The molecule has 0 aromatic heterocycles. The Morgan fingerprint density at radius 2 is 0.768 bits per heavy atom. The van der Waals surface area contributed by atoms with Gasteiger partial charge in [-0.1, -0.05) is 0 Å². The van der Waals surface area contributed by atoms with E-state index in [1.54, 1.807) is 0 Å². The molecule has 0 bridgehead atoms. The first-order valence-corrected chi connectivity index (χ1v) is 14.9. The van der Waals surface area contributed by atoms with Gasteiger partial charge in [0.1, 0.15) is 6.10 Å². The summed E-state index contributed by atoms with van der Waals surface area (Å²) in [5, 5.41) is 183. The second-order valence-electron chi connectivity index (χ2n) is 12.0. The van der Waals surface area contributed by atoms with Crippen LogP contribution in [0.25, 0.3) is 0 Å². The number of ether oxygens (including phenoxy) is 1. The lowest BCUT2D eigenvalue weighted by Crippen LogP contribution is -2.91. The Kier molecular flexibility index (Phi) is 8.08. The number of ketones is 4. The van der Waals surface area contributed by atoms with Crippen molar-refractivity contribution in [1.29, 1.82) is 0 Å². The first kappa shape index (κ1) is 34.7. The maximum Gasteiger partial charge on any atom is 0.273 e. The van der Waals surface area contributed by atoms with E-state index in [0.717, 1.165) is 0 Å². The Hall–Kier alpha value is -7.08. The normalized spacial score (nSPS) is 25.7. The van der Waals surface area contributed by atoms with Gasteiger partial charge in [-0.05, 0) is 48.4 Å². The van der Waals surface area contributed by atoms with E-state index in [1.807, 2.05) is 0 Å². The van der Waals surface area contributed by atoms with Gasteiger partial charge in [0.2, 0.25) is 34.3 Å². The minimum atomic E-state index is -5.48. The number of phenols is 12. The van der Waals surface area contributed by atoms with Crippen molar-refractivity contribution in [1.82, 2.24) is 0 Å². The second-order valence-corrected chi connectivity index (χ2v) is 12.0. The van der Waals surface area contributed by atoms with Crippen LogP contribution in [0.1, 0.15) is 46.9 Å². The number of aromatic hydroxyl groups is 12. The number of benzene rings is 4. The number of rotatable bonds is 9. The summed E-state index contributed by atoms with van der Waals surface area (Å²) >= 11 is 0. The molecule has 22 nitrogen and oxygen atoms in total. The van der Waals surface area contributed by atoms with Crippen molar-refractivity contribution in [3.05, 3.63) is 70.7 Å². The van der Waals surface area contributed by atoms with E-state index in [4.69, 9.17) is 10.2 Å². The fourth-order valence-corrected chi connectivity index (χ4v) is 5.95. The molecule has 5 atom stereocenters. The molecule has 0 radical (unpaired) electrons. The molecule has 1 fully saturated rings. The zero-order valence-electron chi connectivity index (χ0n) is 31.2. The van der Waals surface area contributed by atoms with E-state index in [9.17, 15) is 106 Å². The molecule has 1 aliphatic heterocycles. The number of carbonyl (C=O) groups excluding carboxylic acids is 4. The fourth-order valence-electron chi connectivity index (χ4n) is 5.95. The molecule has 0 saturated carbocycles. The number of aliphatic hydroxyl groups is 5. The van der Waals surface area contributed by atoms with Gasteiger partial charge in [-0.2, -0.15) is 0 Å². The van der Waals surface area contributed by atoms with Gasteiger partial charge in [-0.15, -0.1) is 0 Å². The molecular formula is C34H28O22. The standard InChI is InChI=1S/C34H28O22/c35-9-22-31(52,27(48)10-1-14(36)23(44)15(37)2-10)32(53,28(49)11-3-16(38)24(45)17(39)4-11)33(54,29(50)12-5-18(40)25(46)19(41)6-12)34(55,56-22)30(51)13-7-20(42)26(47)21(43)8-13/h1-8,22,35-47,52-55H,9H2/t22-,31+,32+,33-,34?/m1/s1/i1D,3D,5D,7D. The Morgan fingerprint density at radius 1 is 0.482 bits per heavy atom. The molecule has 4 aromatic rings. The van der Waals surface area contributed by atoms with Gasteiger partial charge in [0.05, 0.1) is 12.1 Å². The summed E-state index contributed by atoms with van der Waals surface area (Å²) in [6.45, 7) is -2.13. The summed E-state index contributed by atoms with van der Waals surface area (Å²) < 4.78 is 37.9. The molecule has 0 aliphatic carbocycles. The van der Waals surface area contributed by atoms with Crippen LogP contribution in [0.3, 0.4) is 0 Å². The van der Waals surface area contributed by atoms with Crippen LogP contribution >= 0.6 is 0 Å². The summed E-state index contributed by atoms with van der Waals surface area (Å²) in [7, 11) is 0. The highest BCUT2D eigenvalue weighted by atomic mass is 16.7. The largest absolute Gasteiger partial charge is 0.504 e. The smallest absolute Gasteiger partial charge is 0.273 e. The van der Waals surface area contributed by atoms with Gasteiger partial charge in [-0.25, -0.2) is 0 Å². The minimum absolute atomic E-state index is 0.00712. The summed E-state index contributed by atoms with van der Waals surface area (Å²) in [4.78, 5) is 59.0. The van der Waals surface area contributed by atoms with Crippen LogP contribution in [-0.2, 0) is 4.74 Å². The van der Waals surface area contributed by atoms with Crippen molar-refractivity contribution in [3.8, 4) is 69.0 Å². The van der Waals surface area contributed by atoms with E-state index in [1.165, 1.54) is 0 Å². The minimum Gasteiger partial charge on any atom is -0.504 e. The summed E-state index contributed by atoms with van der Waals surface area (Å²) in [6.07, 6.45) is -3.46. The molecule has 1 heterocycles. The number of phenolic OH excluding ortho intramolecular Hbond substituents is 12. The SMILES string of the molecule is [2H]c1c(C(=O)C2(O)O[C@H](CO)[C@](O)(C(=O)c3cc(O)c(O)c(O)c3[2H])[C@@](O)(C(=O)c3cc(O)c(O)c(O)c3[2H])[C@]2(O)C(=O)c2cc(O)c(O)c(O)c2[2H])cc(O)c(O)c1O. The van der Waals surface area contributed by atoms with Gasteiger partial charge in [0.25, 0.3) is 5.79 Å². The molecule has 4 aromatic carbocycles. The molecule has 0 spiro atoms. The highest BCUT2D eigenvalue weighted by molar-refractivity contribution is 6.22. The average Bonchev–Trinajstić information content (AvgIpc) is 3.22. The maximum atomic E-state index is 15.0. The van der Waals surface area contributed by atoms with Crippen molar-refractivity contribution in [3.63, 3.8) is 0 Å². The lowest BCUT2D eigenvalue weighted by atomic mass is 9.55. The Labute approximate surface area is 314 Å². The van der Waals surface area contributed by atoms with Crippen LogP contribution in [0, 0.1) is 0 Å². The molecule has 1 saturated heterocycles. The second kappa shape index (κ2) is 13.0. The van der Waals surface area contributed by atoms with Crippen molar-refractivity contribution in [2.45, 2.75) is 28.7 Å².